The zero-order valence-corrected chi connectivity index (χ0v) is 11.6. The Morgan fingerprint density at radius 1 is 1.45 bits per heavy atom. The predicted molar refractivity (Wildman–Crippen MR) is 69.7 cm³/mol. The van der Waals surface area contributed by atoms with E-state index in [1.165, 1.54) is 20.0 Å². The van der Waals surface area contributed by atoms with E-state index < -0.39 is 11.5 Å². The number of hydrogen-bond acceptors (Lipinski definition) is 4. The van der Waals surface area contributed by atoms with Gasteiger partial charge in [0.2, 0.25) is 5.91 Å². The Morgan fingerprint density at radius 3 is 2.90 bits per heavy atom. The average molecular weight is 277 g/mol. The highest BCUT2D eigenvalue weighted by Crippen LogP contribution is 2.53. The van der Waals surface area contributed by atoms with Crippen LogP contribution in [0.3, 0.4) is 0 Å². The van der Waals surface area contributed by atoms with E-state index in [0.29, 0.717) is 12.6 Å². The number of rotatable bonds is 2. The van der Waals surface area contributed by atoms with Crippen LogP contribution in [0.15, 0.2) is 12.2 Å². The second kappa shape index (κ2) is 4.07. The van der Waals surface area contributed by atoms with Gasteiger partial charge >= 0.3 is 5.97 Å². The summed E-state index contributed by atoms with van der Waals surface area (Å²) in [4.78, 5) is 26.8. The monoisotopic (exact) mass is 277 g/mol. The van der Waals surface area contributed by atoms with Crippen LogP contribution in [0, 0.1) is 11.8 Å². The third-order valence-corrected chi connectivity index (χ3v) is 5.37. The number of nitrogens with zero attached hydrogens (tertiary/aromatic N) is 1. The van der Waals surface area contributed by atoms with Crippen LogP contribution in [0.5, 0.6) is 0 Å². The van der Waals surface area contributed by atoms with Crippen molar-refractivity contribution in [3.8, 4) is 0 Å². The highest BCUT2D eigenvalue weighted by Gasteiger charge is 2.67. The van der Waals surface area contributed by atoms with Gasteiger partial charge in [-0.15, -0.1) is 0 Å². The number of amides is 1. The quantitative estimate of drug-likeness (QED) is 0.555. The fraction of sp³-hybridized carbons (Fsp3) is 0.733. The lowest BCUT2D eigenvalue weighted by Gasteiger charge is -2.26. The second-order valence-corrected chi connectivity index (χ2v) is 6.33. The van der Waals surface area contributed by atoms with E-state index in [2.05, 4.69) is 0 Å². The van der Waals surface area contributed by atoms with Crippen LogP contribution >= 0.6 is 0 Å². The molecule has 1 aliphatic carbocycles. The summed E-state index contributed by atoms with van der Waals surface area (Å²) < 4.78 is 10.9. The van der Waals surface area contributed by atoms with Crippen molar-refractivity contribution >= 4 is 11.9 Å². The summed E-state index contributed by atoms with van der Waals surface area (Å²) >= 11 is 0. The minimum Gasteiger partial charge on any atom is -0.469 e. The van der Waals surface area contributed by atoms with E-state index in [4.69, 9.17) is 9.47 Å². The number of hydrogen-bond donors (Lipinski definition) is 0. The molecule has 1 saturated carbocycles. The number of ether oxygens (including phenoxy) is 2. The maximum atomic E-state index is 12.8. The lowest BCUT2D eigenvalue weighted by Crippen LogP contribution is -2.40. The summed E-state index contributed by atoms with van der Waals surface area (Å²) in [6.45, 7) is 0.599. The lowest BCUT2D eigenvalue weighted by atomic mass is 9.77. The summed E-state index contributed by atoms with van der Waals surface area (Å²) in [5.74, 6) is -1.10. The minimum absolute atomic E-state index is 0.0825. The standard InChI is InChI=1S/C15H19NO4/c1-19-14(18)11-10-6-7-15(20-10)8-16(13(17)12(11)15)9-4-2-3-5-9/h6-7,9-12H,2-5,8H2,1H3/t10-,11+,12-,15+/m0/s1. The van der Waals surface area contributed by atoms with E-state index in [-0.39, 0.29) is 23.9 Å². The first-order valence-corrected chi connectivity index (χ1v) is 7.42. The molecule has 4 atom stereocenters. The van der Waals surface area contributed by atoms with Gasteiger partial charge in [0.25, 0.3) is 0 Å². The average Bonchev–Trinajstić information content (AvgIpc) is 3.18. The molecule has 2 saturated heterocycles. The van der Waals surface area contributed by atoms with Gasteiger partial charge in [-0.3, -0.25) is 9.59 Å². The predicted octanol–water partition coefficient (Wildman–Crippen LogP) is 0.884. The van der Waals surface area contributed by atoms with Crippen molar-refractivity contribution in [1.82, 2.24) is 4.90 Å². The van der Waals surface area contributed by atoms with E-state index in [1.807, 2.05) is 17.1 Å². The molecular formula is C15H19NO4. The first kappa shape index (κ1) is 12.4. The Kier molecular flexibility index (Phi) is 2.52. The molecule has 3 aliphatic heterocycles. The van der Waals surface area contributed by atoms with Crippen molar-refractivity contribution in [2.75, 3.05) is 13.7 Å². The van der Waals surface area contributed by atoms with Gasteiger partial charge in [0, 0.05) is 6.04 Å². The van der Waals surface area contributed by atoms with E-state index in [0.717, 1.165) is 12.8 Å². The molecule has 0 aromatic carbocycles. The molecule has 0 radical (unpaired) electrons. The fourth-order valence-corrected chi connectivity index (χ4v) is 4.46. The SMILES string of the molecule is COC(=O)[C@@H]1[C@@H]2C=C[C@]3(CN(C4CCCC4)C(=O)[C@H]13)O2. The minimum atomic E-state index is -0.580. The third-order valence-electron chi connectivity index (χ3n) is 5.37. The number of carbonyl (C=O) groups excluding carboxylic acids is 2. The molecule has 20 heavy (non-hydrogen) atoms. The van der Waals surface area contributed by atoms with Gasteiger partial charge in [0.1, 0.15) is 11.5 Å². The molecule has 4 aliphatic rings. The van der Waals surface area contributed by atoms with Crippen LogP contribution in [0.4, 0.5) is 0 Å². The third kappa shape index (κ3) is 1.41. The van der Waals surface area contributed by atoms with E-state index in [1.54, 1.807) is 0 Å². The van der Waals surface area contributed by atoms with Gasteiger partial charge in [0.05, 0.1) is 25.7 Å². The van der Waals surface area contributed by atoms with Crippen LogP contribution in [0.2, 0.25) is 0 Å². The molecule has 0 aromatic rings. The normalized spacial score (nSPS) is 42.5. The number of likely N-dealkylation sites (tertiary alicyclic amines) is 1. The van der Waals surface area contributed by atoms with E-state index >= 15 is 0 Å². The molecule has 5 heteroatoms. The number of fused-ring (bicyclic) bond motifs is 1. The second-order valence-electron chi connectivity index (χ2n) is 6.33. The molecule has 0 aromatic heterocycles. The maximum absolute atomic E-state index is 12.8. The molecule has 0 unspecified atom stereocenters. The van der Waals surface area contributed by atoms with Crippen LogP contribution in [0.1, 0.15) is 25.7 Å². The molecule has 1 amide bonds. The fourth-order valence-electron chi connectivity index (χ4n) is 4.46. The van der Waals surface area contributed by atoms with Gasteiger partial charge in [-0.2, -0.15) is 0 Å². The maximum Gasteiger partial charge on any atom is 0.312 e. The lowest BCUT2D eigenvalue weighted by molar-refractivity contribution is -0.151. The van der Waals surface area contributed by atoms with Gasteiger partial charge in [-0.1, -0.05) is 25.0 Å². The largest absolute Gasteiger partial charge is 0.469 e. The number of methoxy groups -OCH3 is 1. The molecule has 5 nitrogen and oxygen atoms in total. The first-order chi connectivity index (χ1) is 9.66. The van der Waals surface area contributed by atoms with E-state index in [9.17, 15) is 9.59 Å². The van der Waals surface area contributed by atoms with Crippen LogP contribution < -0.4 is 0 Å². The molecule has 0 N–H and O–H groups in total. The number of esters is 1. The summed E-state index contributed by atoms with van der Waals surface area (Å²) in [7, 11) is 1.37. The Hall–Kier alpha value is -1.36. The molecule has 3 heterocycles. The van der Waals surface area contributed by atoms with Crippen molar-refractivity contribution in [2.45, 2.75) is 43.4 Å². The Balaban J connectivity index is 1.67. The molecule has 1 spiro atoms. The summed E-state index contributed by atoms with van der Waals surface area (Å²) in [6.07, 6.45) is 8.15. The van der Waals surface area contributed by atoms with Crippen molar-refractivity contribution in [3.05, 3.63) is 12.2 Å². The molecule has 3 fully saturated rings. The van der Waals surface area contributed by atoms with Gasteiger partial charge in [-0.25, -0.2) is 0 Å². The van der Waals surface area contributed by atoms with Crippen molar-refractivity contribution < 1.29 is 19.1 Å². The zero-order valence-electron chi connectivity index (χ0n) is 11.6. The summed E-state index contributed by atoms with van der Waals surface area (Å²) in [6, 6.07) is 0.330. The van der Waals surface area contributed by atoms with Crippen molar-refractivity contribution in [2.24, 2.45) is 11.8 Å². The smallest absolute Gasteiger partial charge is 0.312 e. The van der Waals surface area contributed by atoms with Gasteiger partial charge in [0.15, 0.2) is 0 Å². The zero-order chi connectivity index (χ0) is 13.9. The highest BCUT2D eigenvalue weighted by atomic mass is 16.5. The van der Waals surface area contributed by atoms with Crippen molar-refractivity contribution in [3.63, 3.8) is 0 Å². The molecule has 108 valence electrons. The Morgan fingerprint density at radius 2 is 2.20 bits per heavy atom. The summed E-state index contributed by atoms with van der Waals surface area (Å²) in [5.41, 5.74) is -0.580. The van der Waals surface area contributed by atoms with Crippen LogP contribution in [-0.2, 0) is 19.1 Å². The van der Waals surface area contributed by atoms with Crippen molar-refractivity contribution in [1.29, 1.82) is 0 Å². The van der Waals surface area contributed by atoms with Gasteiger partial charge in [-0.05, 0) is 12.8 Å². The summed E-state index contributed by atoms with van der Waals surface area (Å²) in [5, 5.41) is 0. The highest BCUT2D eigenvalue weighted by molar-refractivity contribution is 5.91. The van der Waals surface area contributed by atoms with Crippen LogP contribution in [0.25, 0.3) is 0 Å². The number of carbonyl (C=O) groups is 2. The molecule has 4 rings (SSSR count). The van der Waals surface area contributed by atoms with Crippen LogP contribution in [-0.4, -0.2) is 48.2 Å². The Bertz CT molecular complexity index is 496. The molecular weight excluding hydrogens is 258 g/mol. The topological polar surface area (TPSA) is 55.8 Å². The van der Waals surface area contributed by atoms with Gasteiger partial charge < -0.3 is 14.4 Å². The first-order valence-electron chi connectivity index (χ1n) is 7.42. The Labute approximate surface area is 117 Å². The molecule has 2 bridgehead atoms.